The molecule has 3 fully saturated rings. The van der Waals surface area contributed by atoms with Crippen molar-refractivity contribution in [2.45, 2.75) is 62.0 Å². The number of hydrogen-bond acceptors (Lipinski definition) is 12. The fraction of sp³-hybridized carbons (Fsp3) is 0.400. The molecule has 8 rings (SSSR count). The number of imide groups is 1. The van der Waals surface area contributed by atoms with E-state index in [1.54, 1.807) is 40.9 Å². The van der Waals surface area contributed by atoms with Gasteiger partial charge in [0, 0.05) is 91.5 Å². The maximum atomic E-state index is 13.7. The Hall–Kier alpha value is -5.62. The Balaban J connectivity index is 0.758. The van der Waals surface area contributed by atoms with Crippen LogP contribution < -0.4 is 20.7 Å². The third kappa shape index (κ3) is 10.3. The molecule has 0 aliphatic carbocycles. The lowest BCUT2D eigenvalue weighted by molar-refractivity contribution is -0.137. The number of halogens is 2. The van der Waals surface area contributed by atoms with E-state index in [-0.39, 0.29) is 29.2 Å². The standard InChI is InChI=1S/C45H49ClFN9O6S/c1-2-40(57)51-36-24-31-35(48-27-49-43(31)50-28-7-8-34(47)33(46)23-28)25-38(36)62-21-4-14-53-15-11-29(12-16-53)54-17-19-55(20-18-54)42(59)13-22-63-39-6-3-5-30-32(39)26-56(45(30)61)37-9-10-41(58)52-44(37)60/h2-3,5-8,23-25,27,29,37H,1,4,9-22,26H2,(H,51,57)(H,48,49,50)(H,52,58,60). The molecule has 0 radical (unpaired) electrons. The average Bonchev–Trinajstić information content (AvgIpc) is 3.62. The van der Waals surface area contributed by atoms with Crippen molar-refractivity contribution >= 4 is 81.0 Å². The Bertz CT molecular complexity index is 2430. The first-order valence-electron chi connectivity index (χ1n) is 21.2. The van der Waals surface area contributed by atoms with E-state index >= 15 is 0 Å². The summed E-state index contributed by atoms with van der Waals surface area (Å²) < 4.78 is 20.0. The minimum atomic E-state index is -0.660. The van der Waals surface area contributed by atoms with E-state index in [4.69, 9.17) is 16.3 Å². The minimum Gasteiger partial charge on any atom is -0.491 e. The highest BCUT2D eigenvalue weighted by molar-refractivity contribution is 7.99. The number of anilines is 3. The molecule has 4 aliphatic heterocycles. The molecule has 330 valence electrons. The van der Waals surface area contributed by atoms with E-state index in [1.807, 2.05) is 17.0 Å². The van der Waals surface area contributed by atoms with Crippen LogP contribution in [0.15, 0.2) is 72.4 Å². The summed E-state index contributed by atoms with van der Waals surface area (Å²) in [6, 6.07) is 13.2. The fourth-order valence-corrected chi connectivity index (χ4v) is 9.91. The monoisotopic (exact) mass is 897 g/mol. The number of nitrogens with one attached hydrogen (secondary N) is 3. The van der Waals surface area contributed by atoms with E-state index in [0.717, 1.165) is 62.4 Å². The maximum Gasteiger partial charge on any atom is 0.255 e. The second-order valence-corrected chi connectivity index (χ2v) is 17.6. The molecule has 15 nitrogen and oxygen atoms in total. The van der Waals surface area contributed by atoms with Gasteiger partial charge in [-0.15, -0.1) is 11.8 Å². The Labute approximate surface area is 373 Å². The van der Waals surface area contributed by atoms with Crippen LogP contribution in [0.25, 0.3) is 10.9 Å². The van der Waals surface area contributed by atoms with E-state index in [2.05, 4.69) is 42.3 Å². The molecule has 63 heavy (non-hydrogen) atoms. The van der Waals surface area contributed by atoms with Crippen LogP contribution in [0.3, 0.4) is 0 Å². The SMILES string of the molecule is C=CC(=O)Nc1cc2c(Nc3ccc(F)c(Cl)c3)ncnc2cc1OCCCN1CCC(N2CCN(C(=O)CCSc3cccc4c3CN(C3CCC(=O)NC3=O)C4=O)CC2)CC1. The van der Waals surface area contributed by atoms with Crippen LogP contribution in [-0.2, 0) is 25.7 Å². The molecular formula is C45H49ClFN9O6S. The number of hydrogen-bond donors (Lipinski definition) is 3. The van der Waals surface area contributed by atoms with Gasteiger partial charge in [-0.2, -0.15) is 0 Å². The average molecular weight is 898 g/mol. The number of carbonyl (C=O) groups excluding carboxylic acids is 5. The van der Waals surface area contributed by atoms with Gasteiger partial charge in [0.2, 0.25) is 23.6 Å². The van der Waals surface area contributed by atoms with Gasteiger partial charge in [-0.05, 0) is 86.8 Å². The van der Waals surface area contributed by atoms with Gasteiger partial charge in [0.15, 0.2) is 0 Å². The minimum absolute atomic E-state index is 0.0242. The first-order chi connectivity index (χ1) is 30.5. The lowest BCUT2D eigenvalue weighted by atomic mass is 10.0. The molecule has 4 aliphatic rings. The summed E-state index contributed by atoms with van der Waals surface area (Å²) in [7, 11) is 0. The number of likely N-dealkylation sites (tertiary alicyclic amines) is 1. The van der Waals surface area contributed by atoms with E-state index in [1.165, 1.54) is 24.5 Å². The third-order valence-electron chi connectivity index (χ3n) is 12.1. The van der Waals surface area contributed by atoms with E-state index < -0.39 is 23.7 Å². The third-order valence-corrected chi connectivity index (χ3v) is 13.5. The molecule has 3 saturated heterocycles. The molecule has 18 heteroatoms. The highest BCUT2D eigenvalue weighted by Gasteiger charge is 2.40. The first-order valence-corrected chi connectivity index (χ1v) is 22.6. The van der Waals surface area contributed by atoms with Gasteiger partial charge in [-0.3, -0.25) is 34.2 Å². The van der Waals surface area contributed by atoms with Crippen LogP contribution in [0.1, 0.15) is 54.4 Å². The number of aromatic nitrogens is 2. The molecule has 0 spiro atoms. The van der Waals surface area contributed by atoms with Crippen molar-refractivity contribution in [2.24, 2.45) is 0 Å². The normalized spacial score (nSPS) is 18.6. The Morgan fingerprint density at radius 3 is 2.59 bits per heavy atom. The maximum absolute atomic E-state index is 13.7. The Kier molecular flexibility index (Phi) is 13.9. The number of thioether (sulfide) groups is 1. The summed E-state index contributed by atoms with van der Waals surface area (Å²) in [6.45, 7) is 10.2. The fourth-order valence-electron chi connectivity index (χ4n) is 8.71. The zero-order valence-corrected chi connectivity index (χ0v) is 36.3. The summed E-state index contributed by atoms with van der Waals surface area (Å²) >= 11 is 7.55. The summed E-state index contributed by atoms with van der Waals surface area (Å²) in [5.41, 5.74) is 3.03. The van der Waals surface area contributed by atoms with Crippen molar-refractivity contribution < 1.29 is 33.1 Å². The van der Waals surface area contributed by atoms with Crippen molar-refractivity contribution in [2.75, 3.05) is 68.8 Å². The van der Waals surface area contributed by atoms with Crippen LogP contribution in [-0.4, -0.2) is 129 Å². The van der Waals surface area contributed by atoms with Crippen LogP contribution in [0.5, 0.6) is 5.75 Å². The number of carbonyl (C=O) groups is 5. The van der Waals surface area contributed by atoms with Crippen LogP contribution in [0.4, 0.5) is 21.6 Å². The molecule has 5 amide bonds. The lowest BCUT2D eigenvalue weighted by Crippen LogP contribution is -2.54. The van der Waals surface area contributed by atoms with Crippen molar-refractivity contribution in [1.29, 1.82) is 0 Å². The largest absolute Gasteiger partial charge is 0.491 e. The zero-order chi connectivity index (χ0) is 44.0. The predicted octanol–water partition coefficient (Wildman–Crippen LogP) is 5.61. The Morgan fingerprint density at radius 1 is 1.02 bits per heavy atom. The number of benzene rings is 3. The second-order valence-electron chi connectivity index (χ2n) is 16.0. The molecule has 5 heterocycles. The number of amides is 5. The number of nitrogens with zero attached hydrogens (tertiary/aromatic N) is 6. The topological polar surface area (TPSA) is 169 Å². The van der Waals surface area contributed by atoms with Gasteiger partial charge in [0.1, 0.15) is 29.8 Å². The smallest absolute Gasteiger partial charge is 0.255 e. The molecule has 0 bridgehead atoms. The van der Waals surface area contributed by atoms with Crippen molar-refractivity contribution in [1.82, 2.24) is 34.9 Å². The molecule has 3 aromatic carbocycles. The summed E-state index contributed by atoms with van der Waals surface area (Å²) in [6.07, 6.45) is 6.42. The molecule has 3 N–H and O–H groups in total. The van der Waals surface area contributed by atoms with Gasteiger partial charge < -0.3 is 30.1 Å². The predicted molar refractivity (Wildman–Crippen MR) is 239 cm³/mol. The Morgan fingerprint density at radius 2 is 1.83 bits per heavy atom. The van der Waals surface area contributed by atoms with Crippen LogP contribution in [0, 0.1) is 5.82 Å². The molecular weight excluding hydrogens is 849 g/mol. The van der Waals surface area contributed by atoms with Crippen LogP contribution >= 0.6 is 23.4 Å². The van der Waals surface area contributed by atoms with Gasteiger partial charge in [-0.1, -0.05) is 24.2 Å². The van der Waals surface area contributed by atoms with Crippen molar-refractivity contribution in [3.05, 3.63) is 89.5 Å². The van der Waals surface area contributed by atoms with Gasteiger partial charge in [0.25, 0.3) is 5.91 Å². The highest BCUT2D eigenvalue weighted by atomic mass is 35.5. The van der Waals surface area contributed by atoms with Crippen molar-refractivity contribution in [3.63, 3.8) is 0 Å². The number of ether oxygens (including phenoxy) is 1. The van der Waals surface area contributed by atoms with E-state index in [0.29, 0.717) is 90.3 Å². The molecule has 4 aromatic rings. The lowest BCUT2D eigenvalue weighted by Gasteiger charge is -2.42. The van der Waals surface area contributed by atoms with E-state index in [9.17, 15) is 28.4 Å². The van der Waals surface area contributed by atoms with Gasteiger partial charge in [-0.25, -0.2) is 14.4 Å². The van der Waals surface area contributed by atoms with Crippen molar-refractivity contribution in [3.8, 4) is 5.75 Å². The number of piperidine rings is 2. The second kappa shape index (κ2) is 19.8. The molecule has 0 saturated carbocycles. The molecule has 1 aromatic heterocycles. The number of piperazine rings is 1. The zero-order valence-electron chi connectivity index (χ0n) is 34.7. The molecule has 1 unspecified atom stereocenters. The quantitative estimate of drug-likeness (QED) is 0.0585. The summed E-state index contributed by atoms with van der Waals surface area (Å²) in [5.74, 6) is -0.216. The summed E-state index contributed by atoms with van der Waals surface area (Å²) in [4.78, 5) is 81.2. The van der Waals surface area contributed by atoms with Crippen LogP contribution in [0.2, 0.25) is 5.02 Å². The summed E-state index contributed by atoms with van der Waals surface area (Å²) in [5, 5.41) is 8.92. The highest BCUT2D eigenvalue weighted by Crippen LogP contribution is 2.36. The molecule has 1 atom stereocenters. The first kappa shape index (κ1) is 44.0. The van der Waals surface area contributed by atoms with Gasteiger partial charge in [0.05, 0.1) is 22.8 Å². The van der Waals surface area contributed by atoms with Gasteiger partial charge >= 0.3 is 0 Å². The number of fused-ring (bicyclic) bond motifs is 2. The number of rotatable bonds is 15.